The topological polar surface area (TPSA) is 73.8 Å². The Balaban J connectivity index is 1.68. The first-order valence-corrected chi connectivity index (χ1v) is 14.0. The molecule has 4 rings (SSSR count). The molecule has 1 fully saturated rings. The van der Waals surface area contributed by atoms with Crippen LogP contribution in [0.2, 0.25) is 0 Å². The zero-order chi connectivity index (χ0) is 25.3. The van der Waals surface area contributed by atoms with Crippen LogP contribution in [0.15, 0.2) is 41.3 Å². The van der Waals surface area contributed by atoms with Crippen molar-refractivity contribution in [2.45, 2.75) is 44.0 Å². The monoisotopic (exact) mass is 518 g/mol. The second kappa shape index (κ2) is 10.3. The number of carbonyl (C=O) groups excluding carboxylic acids is 1. The van der Waals surface area contributed by atoms with E-state index >= 15 is 0 Å². The largest absolute Gasteiger partial charge is 0.309 e. The lowest BCUT2D eigenvalue weighted by molar-refractivity contribution is -0.121. The molecule has 0 saturated carbocycles. The number of carbonyl (C=O) groups is 1. The van der Waals surface area contributed by atoms with Crippen LogP contribution in [0.1, 0.15) is 30.4 Å². The second-order valence-electron chi connectivity index (χ2n) is 9.23. The summed E-state index contributed by atoms with van der Waals surface area (Å²) < 4.78 is 42.4. The Bertz CT molecular complexity index is 1320. The smallest absolute Gasteiger partial charge is 0.247 e. The van der Waals surface area contributed by atoms with Crippen molar-refractivity contribution in [2.24, 2.45) is 0 Å². The van der Waals surface area contributed by atoms with Gasteiger partial charge in [0.25, 0.3) is 0 Å². The number of thiazole rings is 1. The summed E-state index contributed by atoms with van der Waals surface area (Å²) in [6.45, 7) is 5.53. The number of benzene rings is 2. The minimum absolute atomic E-state index is 0.0103. The van der Waals surface area contributed by atoms with Gasteiger partial charge < -0.3 is 4.90 Å². The van der Waals surface area contributed by atoms with Crippen LogP contribution < -0.4 is 4.90 Å². The first-order valence-electron chi connectivity index (χ1n) is 11.7. The first kappa shape index (κ1) is 25.7. The molecule has 35 heavy (non-hydrogen) atoms. The second-order valence-corrected chi connectivity index (χ2v) is 12.1. The highest BCUT2D eigenvalue weighted by Crippen LogP contribution is 2.34. The van der Waals surface area contributed by atoms with Gasteiger partial charge in [0.1, 0.15) is 11.9 Å². The highest BCUT2D eigenvalue weighted by molar-refractivity contribution is 7.89. The van der Waals surface area contributed by atoms with E-state index in [4.69, 9.17) is 4.98 Å². The Kier molecular flexibility index (Phi) is 7.56. The summed E-state index contributed by atoms with van der Waals surface area (Å²) >= 11 is 1.45. The molecule has 1 aliphatic rings. The molecule has 1 aromatic heterocycles. The molecule has 0 bridgehead atoms. The zero-order valence-corrected chi connectivity index (χ0v) is 22.1. The van der Waals surface area contributed by atoms with Crippen molar-refractivity contribution in [2.75, 3.05) is 38.6 Å². The fraction of sp³-hybridized carbons (Fsp3) is 0.440. The van der Waals surface area contributed by atoms with Crippen molar-refractivity contribution in [1.82, 2.24) is 14.2 Å². The van der Waals surface area contributed by atoms with Gasteiger partial charge in [0.15, 0.2) is 5.13 Å². The molecule has 1 aliphatic heterocycles. The number of nitrogens with zero attached hydrogens (tertiary/aromatic N) is 4. The highest BCUT2D eigenvalue weighted by Gasteiger charge is 2.42. The van der Waals surface area contributed by atoms with E-state index in [1.807, 2.05) is 40.1 Å². The minimum atomic E-state index is -3.94. The van der Waals surface area contributed by atoms with Crippen molar-refractivity contribution in [3.8, 4) is 0 Å². The maximum atomic E-state index is 13.9. The number of hydrogen-bond donors (Lipinski definition) is 0. The maximum Gasteiger partial charge on any atom is 0.247 e. The zero-order valence-electron chi connectivity index (χ0n) is 20.5. The van der Waals surface area contributed by atoms with Gasteiger partial charge in [0.2, 0.25) is 15.9 Å². The van der Waals surface area contributed by atoms with Gasteiger partial charge in [-0.25, -0.2) is 17.8 Å². The molecule has 1 atom stereocenters. The normalized spacial score (nSPS) is 16.9. The fourth-order valence-corrected chi connectivity index (χ4v) is 7.08. The summed E-state index contributed by atoms with van der Waals surface area (Å²) in [7, 11) is 0.00997. The number of anilines is 1. The number of hydrogen-bond acceptors (Lipinski definition) is 6. The Hall–Kier alpha value is -2.40. The van der Waals surface area contributed by atoms with Gasteiger partial charge in [-0.3, -0.25) is 9.69 Å². The van der Waals surface area contributed by atoms with Crippen LogP contribution in [0.4, 0.5) is 9.52 Å². The van der Waals surface area contributed by atoms with Crippen LogP contribution in [0.25, 0.3) is 10.2 Å². The van der Waals surface area contributed by atoms with Gasteiger partial charge in [-0.15, -0.1) is 0 Å². The van der Waals surface area contributed by atoms with Crippen molar-refractivity contribution in [3.63, 3.8) is 0 Å². The van der Waals surface area contributed by atoms with Gasteiger partial charge in [-0.05, 0) is 95.2 Å². The maximum absolute atomic E-state index is 13.9. The van der Waals surface area contributed by atoms with Gasteiger partial charge in [-0.1, -0.05) is 17.4 Å². The predicted molar refractivity (Wildman–Crippen MR) is 138 cm³/mol. The summed E-state index contributed by atoms with van der Waals surface area (Å²) in [6.07, 6.45) is 1.75. The van der Waals surface area contributed by atoms with E-state index in [-0.39, 0.29) is 17.3 Å². The average molecular weight is 519 g/mol. The summed E-state index contributed by atoms with van der Waals surface area (Å²) in [5, 5.41) is 0.587. The lowest BCUT2D eigenvalue weighted by Gasteiger charge is -2.29. The minimum Gasteiger partial charge on any atom is -0.309 e. The van der Waals surface area contributed by atoms with Gasteiger partial charge >= 0.3 is 0 Å². The molecule has 2 heterocycles. The SMILES string of the molecule is Cc1ccc2sc(N(CCCN(C)C)C(=O)C3CCCN3S(=O)(=O)c3ccc(F)cc3)nc2c1C. The molecule has 0 aliphatic carbocycles. The van der Waals surface area contributed by atoms with Crippen LogP contribution >= 0.6 is 11.3 Å². The van der Waals surface area contributed by atoms with Crippen LogP contribution in [0.3, 0.4) is 0 Å². The summed E-state index contributed by atoms with van der Waals surface area (Å²) in [4.78, 5) is 22.4. The standard InChI is InChI=1S/C25H31FN4O3S2/c1-17-8-13-22-23(18(17)2)27-25(34-22)29(15-6-14-28(3)4)24(31)21-7-5-16-30(21)35(32,33)20-11-9-19(26)10-12-20/h8-13,21H,5-7,14-16H2,1-4H3. The van der Waals surface area contributed by atoms with Crippen LogP contribution in [-0.2, 0) is 14.8 Å². The van der Waals surface area contributed by atoms with Crippen LogP contribution in [-0.4, -0.2) is 68.3 Å². The number of aromatic nitrogens is 1. The number of aryl methyl sites for hydroxylation is 2. The molecule has 10 heteroatoms. The third-order valence-electron chi connectivity index (χ3n) is 6.47. The lowest BCUT2D eigenvalue weighted by atomic mass is 10.1. The van der Waals surface area contributed by atoms with E-state index in [0.29, 0.717) is 24.5 Å². The predicted octanol–water partition coefficient (Wildman–Crippen LogP) is 4.19. The fourth-order valence-electron chi connectivity index (χ4n) is 4.37. The number of rotatable bonds is 8. The first-order chi connectivity index (χ1) is 16.6. The van der Waals surface area contributed by atoms with Gasteiger partial charge in [0, 0.05) is 13.1 Å². The molecule has 188 valence electrons. The number of sulfonamides is 1. The van der Waals surface area contributed by atoms with E-state index < -0.39 is 21.9 Å². The third-order valence-corrected chi connectivity index (χ3v) is 9.43. The molecular formula is C25H31FN4O3S2. The van der Waals surface area contributed by atoms with Gasteiger partial charge in [-0.2, -0.15) is 4.31 Å². The molecule has 0 N–H and O–H groups in total. The van der Waals surface area contributed by atoms with Crippen molar-refractivity contribution >= 4 is 42.6 Å². The molecule has 0 spiro atoms. The molecule has 1 unspecified atom stereocenters. The molecule has 1 amide bonds. The molecule has 7 nitrogen and oxygen atoms in total. The number of halogens is 1. The molecule has 3 aromatic rings. The Morgan fingerprint density at radius 1 is 1.14 bits per heavy atom. The molecule has 1 saturated heterocycles. The van der Waals surface area contributed by atoms with Crippen molar-refractivity contribution in [1.29, 1.82) is 0 Å². The van der Waals surface area contributed by atoms with E-state index in [1.165, 1.54) is 27.8 Å². The van der Waals surface area contributed by atoms with E-state index in [9.17, 15) is 17.6 Å². The van der Waals surface area contributed by atoms with E-state index in [0.717, 1.165) is 46.4 Å². The van der Waals surface area contributed by atoms with Crippen molar-refractivity contribution < 1.29 is 17.6 Å². The Morgan fingerprint density at radius 2 is 1.86 bits per heavy atom. The number of amides is 1. The average Bonchev–Trinajstić information content (AvgIpc) is 3.47. The quantitative estimate of drug-likeness (QED) is 0.447. The summed E-state index contributed by atoms with van der Waals surface area (Å²) in [6, 6.07) is 7.99. The van der Waals surface area contributed by atoms with Crippen molar-refractivity contribution in [3.05, 3.63) is 53.3 Å². The molecule has 2 aromatic carbocycles. The Morgan fingerprint density at radius 3 is 2.54 bits per heavy atom. The van der Waals surface area contributed by atoms with Crippen LogP contribution in [0, 0.1) is 19.7 Å². The van der Waals surface area contributed by atoms with E-state index in [2.05, 4.69) is 4.90 Å². The number of fused-ring (bicyclic) bond motifs is 1. The van der Waals surface area contributed by atoms with Crippen LogP contribution in [0.5, 0.6) is 0 Å². The Labute approximate surface area is 210 Å². The third kappa shape index (κ3) is 5.25. The molecule has 0 radical (unpaired) electrons. The summed E-state index contributed by atoms with van der Waals surface area (Å²) in [5.41, 5.74) is 3.08. The summed E-state index contributed by atoms with van der Waals surface area (Å²) in [5.74, 6) is -0.771. The highest BCUT2D eigenvalue weighted by atomic mass is 32.2. The van der Waals surface area contributed by atoms with E-state index in [1.54, 1.807) is 4.90 Å². The molecular weight excluding hydrogens is 487 g/mol. The lowest BCUT2D eigenvalue weighted by Crippen LogP contribution is -2.48. The van der Waals surface area contributed by atoms with Gasteiger partial charge in [0.05, 0.1) is 15.1 Å².